The van der Waals surface area contributed by atoms with E-state index in [1.54, 1.807) is 52.6 Å². The Kier molecular flexibility index (Phi) is 8.19. The van der Waals surface area contributed by atoms with Crippen LogP contribution >= 0.6 is 0 Å². The van der Waals surface area contributed by atoms with E-state index in [-0.39, 0.29) is 12.3 Å². The molecule has 46 heavy (non-hydrogen) atoms. The largest absolute Gasteiger partial charge is 0.483 e. The highest BCUT2D eigenvalue weighted by atomic mass is 16.6. The second kappa shape index (κ2) is 11.3. The van der Waals surface area contributed by atoms with Crippen molar-refractivity contribution in [1.82, 2.24) is 14.4 Å². The van der Waals surface area contributed by atoms with Crippen LogP contribution in [-0.4, -0.2) is 73.3 Å². The number of benzene rings is 1. The van der Waals surface area contributed by atoms with E-state index >= 15 is 0 Å². The minimum Gasteiger partial charge on any atom is -0.483 e. The van der Waals surface area contributed by atoms with Gasteiger partial charge in [0.25, 0.3) is 5.91 Å². The van der Waals surface area contributed by atoms with E-state index in [0.717, 1.165) is 10.5 Å². The van der Waals surface area contributed by atoms with E-state index in [4.69, 9.17) is 14.2 Å². The highest BCUT2D eigenvalue weighted by molar-refractivity contribution is 6.08. The van der Waals surface area contributed by atoms with E-state index in [1.807, 2.05) is 58.1 Å². The van der Waals surface area contributed by atoms with Crippen LogP contribution in [0.4, 0.5) is 9.59 Å². The third-order valence-corrected chi connectivity index (χ3v) is 8.48. The zero-order chi connectivity index (χ0) is 34.0. The molecule has 0 bridgehead atoms. The molecule has 2 saturated heterocycles. The number of fused-ring (bicyclic) bond motifs is 4. The molecule has 0 saturated carbocycles. The van der Waals surface area contributed by atoms with Gasteiger partial charge in [-0.25, -0.2) is 14.5 Å². The van der Waals surface area contributed by atoms with E-state index in [2.05, 4.69) is 0 Å². The van der Waals surface area contributed by atoms with Gasteiger partial charge in [-0.15, -0.1) is 0 Å². The maximum atomic E-state index is 14.5. The van der Waals surface area contributed by atoms with Gasteiger partial charge >= 0.3 is 12.2 Å². The number of amides is 3. The SMILES string of the molecule is CC(C)=CC[C@@]12CCCN1C(=O)[C@@H](Cc1cn(C(=O)OC(C)(C)C)c3c4c(ccc13)OC(C)(C)C=C4)N(C(=O)OC(C)(C)C)C2=O. The molecule has 2 atom stereocenters. The lowest BCUT2D eigenvalue weighted by atomic mass is 9.84. The first-order valence-electron chi connectivity index (χ1n) is 16.0. The third-order valence-electron chi connectivity index (χ3n) is 8.48. The Hall–Kier alpha value is -4.08. The fourth-order valence-corrected chi connectivity index (χ4v) is 6.53. The Labute approximate surface area is 271 Å². The molecule has 248 valence electrons. The van der Waals surface area contributed by atoms with Gasteiger partial charge < -0.3 is 19.1 Å². The minimum atomic E-state index is -1.17. The lowest BCUT2D eigenvalue weighted by Crippen LogP contribution is -2.71. The summed E-state index contributed by atoms with van der Waals surface area (Å²) in [6.45, 7) is 18.8. The van der Waals surface area contributed by atoms with Crippen molar-refractivity contribution in [1.29, 1.82) is 0 Å². The van der Waals surface area contributed by atoms with Crippen molar-refractivity contribution in [3.05, 3.63) is 47.2 Å². The monoisotopic (exact) mass is 633 g/mol. The standard InChI is InChI=1S/C36H47N3O7/c1-22(2)14-18-36-16-11-19-38(36)29(40)26(39(30(36)41)32(43)46-34(6,7)8)20-23-21-37(31(42)45-33(3,4)5)28-24(23)12-13-27-25(28)15-17-35(9,10)44-27/h12-15,17,21,26H,11,16,18-20H2,1-10H3/t26-,36-/m1/s1. The summed E-state index contributed by atoms with van der Waals surface area (Å²) in [4.78, 5) is 59.1. The highest BCUT2D eigenvalue weighted by Gasteiger charge is 2.60. The molecule has 2 fully saturated rings. The maximum Gasteiger partial charge on any atom is 0.419 e. The first-order chi connectivity index (χ1) is 21.2. The Morgan fingerprint density at radius 1 is 1.02 bits per heavy atom. The molecule has 0 aliphatic carbocycles. The molecule has 3 amide bonds. The first kappa shape index (κ1) is 33.3. The van der Waals surface area contributed by atoms with Crippen LogP contribution < -0.4 is 4.74 Å². The number of imide groups is 1. The van der Waals surface area contributed by atoms with Gasteiger partial charge in [0.2, 0.25) is 5.91 Å². The number of hydrogen-bond acceptors (Lipinski definition) is 7. The van der Waals surface area contributed by atoms with Crippen LogP contribution in [0.25, 0.3) is 17.0 Å². The van der Waals surface area contributed by atoms with E-state index in [0.29, 0.717) is 53.6 Å². The Morgan fingerprint density at radius 3 is 2.30 bits per heavy atom. The van der Waals surface area contributed by atoms with Crippen molar-refractivity contribution in [3.63, 3.8) is 0 Å². The number of piperazine rings is 1. The van der Waals surface area contributed by atoms with Gasteiger partial charge in [-0.3, -0.25) is 14.2 Å². The van der Waals surface area contributed by atoms with Gasteiger partial charge in [0.05, 0.1) is 5.52 Å². The molecule has 5 rings (SSSR count). The second-order valence-corrected chi connectivity index (χ2v) is 15.4. The Balaban J connectivity index is 1.65. The molecule has 3 aliphatic heterocycles. The van der Waals surface area contributed by atoms with Crippen molar-refractivity contribution >= 4 is 41.0 Å². The summed E-state index contributed by atoms with van der Waals surface area (Å²) in [5.74, 6) is -0.144. The summed E-state index contributed by atoms with van der Waals surface area (Å²) in [6.07, 6.45) is 7.41. The van der Waals surface area contributed by atoms with E-state index < -0.39 is 46.5 Å². The second-order valence-electron chi connectivity index (χ2n) is 15.4. The molecular formula is C36H47N3O7. The first-order valence-corrected chi connectivity index (χ1v) is 16.0. The van der Waals surface area contributed by atoms with Crippen LogP contribution in [0.2, 0.25) is 0 Å². The minimum absolute atomic E-state index is 0.0137. The molecular weight excluding hydrogens is 586 g/mol. The summed E-state index contributed by atoms with van der Waals surface area (Å²) in [6, 6.07) is 2.53. The number of rotatable bonds is 4. The highest BCUT2D eigenvalue weighted by Crippen LogP contribution is 2.43. The number of carbonyl (C=O) groups is 4. The summed E-state index contributed by atoms with van der Waals surface area (Å²) in [5.41, 5.74) is -0.457. The van der Waals surface area contributed by atoms with Crippen LogP contribution in [0, 0.1) is 0 Å². The quantitative estimate of drug-likeness (QED) is 0.333. The number of carbonyl (C=O) groups excluding carboxylic acids is 4. The van der Waals surface area contributed by atoms with Crippen molar-refractivity contribution in [3.8, 4) is 5.75 Å². The number of ether oxygens (including phenoxy) is 3. The topological polar surface area (TPSA) is 107 Å². The molecule has 0 N–H and O–H groups in total. The van der Waals surface area contributed by atoms with E-state index in [9.17, 15) is 19.2 Å². The lowest BCUT2D eigenvalue weighted by molar-refractivity contribution is -0.166. The van der Waals surface area contributed by atoms with Crippen LogP contribution in [0.1, 0.15) is 99.6 Å². The predicted octanol–water partition coefficient (Wildman–Crippen LogP) is 7.01. The van der Waals surface area contributed by atoms with Crippen LogP contribution in [-0.2, 0) is 25.5 Å². The van der Waals surface area contributed by atoms with Gasteiger partial charge in [-0.2, -0.15) is 0 Å². The molecule has 4 heterocycles. The van der Waals surface area contributed by atoms with Crippen molar-refractivity contribution in [2.75, 3.05) is 6.54 Å². The smallest absolute Gasteiger partial charge is 0.419 e. The third kappa shape index (κ3) is 6.18. The zero-order valence-electron chi connectivity index (χ0n) is 28.8. The van der Waals surface area contributed by atoms with Gasteiger partial charge in [-0.1, -0.05) is 11.6 Å². The fraction of sp³-hybridized carbons (Fsp3) is 0.556. The molecule has 0 unspecified atom stereocenters. The van der Waals surface area contributed by atoms with Crippen LogP contribution in [0.15, 0.2) is 36.1 Å². The summed E-state index contributed by atoms with van der Waals surface area (Å²) in [5, 5.41) is 0.685. The van der Waals surface area contributed by atoms with Crippen molar-refractivity contribution in [2.45, 2.75) is 123 Å². The Morgan fingerprint density at radius 2 is 1.67 bits per heavy atom. The normalized spacial score (nSPS) is 22.3. The molecule has 0 spiro atoms. The molecule has 10 heteroatoms. The summed E-state index contributed by atoms with van der Waals surface area (Å²) in [7, 11) is 0. The number of nitrogens with zero attached hydrogens (tertiary/aromatic N) is 3. The number of allylic oxidation sites excluding steroid dienone is 1. The van der Waals surface area contributed by atoms with Gasteiger partial charge in [0, 0.05) is 30.1 Å². The summed E-state index contributed by atoms with van der Waals surface area (Å²) < 4.78 is 19.2. The maximum absolute atomic E-state index is 14.5. The molecule has 3 aliphatic rings. The average Bonchev–Trinajstić information content (AvgIpc) is 3.51. The summed E-state index contributed by atoms with van der Waals surface area (Å²) >= 11 is 0. The molecule has 0 radical (unpaired) electrons. The van der Waals surface area contributed by atoms with Gasteiger partial charge in [0.1, 0.15) is 34.1 Å². The van der Waals surface area contributed by atoms with Crippen molar-refractivity contribution < 1.29 is 33.4 Å². The number of hydrogen-bond donors (Lipinski definition) is 0. The predicted molar refractivity (Wildman–Crippen MR) is 176 cm³/mol. The molecule has 1 aromatic heterocycles. The van der Waals surface area contributed by atoms with Gasteiger partial charge in [0.15, 0.2) is 0 Å². The number of aromatic nitrogens is 1. The zero-order valence-corrected chi connectivity index (χ0v) is 28.8. The van der Waals surface area contributed by atoms with Crippen molar-refractivity contribution in [2.24, 2.45) is 0 Å². The molecule has 1 aromatic carbocycles. The van der Waals surface area contributed by atoms with Crippen LogP contribution in [0.3, 0.4) is 0 Å². The van der Waals surface area contributed by atoms with E-state index in [1.165, 1.54) is 4.57 Å². The van der Waals surface area contributed by atoms with Gasteiger partial charge in [-0.05, 0) is 118 Å². The lowest BCUT2D eigenvalue weighted by Gasteiger charge is -2.48. The fourth-order valence-electron chi connectivity index (χ4n) is 6.53. The molecule has 10 nitrogen and oxygen atoms in total. The molecule has 2 aromatic rings. The average molecular weight is 634 g/mol. The van der Waals surface area contributed by atoms with Crippen LogP contribution in [0.5, 0.6) is 5.75 Å². The Bertz CT molecular complexity index is 1660.